The standard InChI is InChI=1S/C16H18ClFN2/c1-3-8-19-16(15-11(2)5-4-9-20-15)13-10-12(18)6-7-14(13)17/h4-7,9-10,16,19H,3,8H2,1-2H3. The van der Waals surface area contributed by atoms with Crippen LogP contribution in [0.2, 0.25) is 5.02 Å². The number of rotatable bonds is 5. The van der Waals surface area contributed by atoms with Crippen molar-refractivity contribution in [3.05, 3.63) is 64.2 Å². The summed E-state index contributed by atoms with van der Waals surface area (Å²) in [5, 5.41) is 3.94. The summed E-state index contributed by atoms with van der Waals surface area (Å²) < 4.78 is 13.5. The molecule has 1 N–H and O–H groups in total. The van der Waals surface area contributed by atoms with Crippen molar-refractivity contribution in [1.29, 1.82) is 0 Å². The van der Waals surface area contributed by atoms with Crippen molar-refractivity contribution in [2.45, 2.75) is 26.3 Å². The number of nitrogens with zero attached hydrogens (tertiary/aromatic N) is 1. The van der Waals surface area contributed by atoms with Crippen molar-refractivity contribution in [3.63, 3.8) is 0 Å². The van der Waals surface area contributed by atoms with Crippen LogP contribution < -0.4 is 5.32 Å². The van der Waals surface area contributed by atoms with Crippen LogP contribution in [0, 0.1) is 12.7 Å². The lowest BCUT2D eigenvalue weighted by Crippen LogP contribution is -2.25. The quantitative estimate of drug-likeness (QED) is 0.890. The van der Waals surface area contributed by atoms with Crippen LogP contribution in [0.1, 0.15) is 36.2 Å². The van der Waals surface area contributed by atoms with Gasteiger partial charge in [0.2, 0.25) is 0 Å². The van der Waals surface area contributed by atoms with Gasteiger partial charge >= 0.3 is 0 Å². The highest BCUT2D eigenvalue weighted by Gasteiger charge is 2.19. The fourth-order valence-corrected chi connectivity index (χ4v) is 2.41. The minimum absolute atomic E-state index is 0.195. The first-order valence-electron chi connectivity index (χ1n) is 6.73. The number of halogens is 2. The lowest BCUT2D eigenvalue weighted by Gasteiger charge is -2.21. The molecule has 1 heterocycles. The van der Waals surface area contributed by atoms with Crippen LogP contribution in [-0.2, 0) is 0 Å². The summed E-state index contributed by atoms with van der Waals surface area (Å²) in [4.78, 5) is 4.44. The smallest absolute Gasteiger partial charge is 0.123 e. The Kier molecular flexibility index (Phi) is 5.10. The van der Waals surface area contributed by atoms with Gasteiger partial charge in [0, 0.05) is 11.2 Å². The number of aryl methyl sites for hydroxylation is 1. The first-order valence-corrected chi connectivity index (χ1v) is 7.11. The van der Waals surface area contributed by atoms with Crippen LogP contribution in [-0.4, -0.2) is 11.5 Å². The van der Waals surface area contributed by atoms with Gasteiger partial charge in [-0.15, -0.1) is 0 Å². The molecule has 0 amide bonds. The molecule has 2 aromatic rings. The second-order valence-corrected chi connectivity index (χ2v) is 5.17. The van der Waals surface area contributed by atoms with Crippen molar-refractivity contribution >= 4 is 11.6 Å². The average molecular weight is 293 g/mol. The van der Waals surface area contributed by atoms with Gasteiger partial charge in [0.1, 0.15) is 5.82 Å². The predicted octanol–water partition coefficient (Wildman–Crippen LogP) is 4.27. The molecule has 0 spiro atoms. The van der Waals surface area contributed by atoms with Gasteiger partial charge in [0.25, 0.3) is 0 Å². The molecule has 20 heavy (non-hydrogen) atoms. The highest BCUT2D eigenvalue weighted by Crippen LogP contribution is 2.29. The molecule has 0 bridgehead atoms. The van der Waals surface area contributed by atoms with Crippen LogP contribution in [0.25, 0.3) is 0 Å². The van der Waals surface area contributed by atoms with Crippen molar-refractivity contribution in [2.75, 3.05) is 6.54 Å². The van der Waals surface area contributed by atoms with Gasteiger partial charge in [-0.25, -0.2) is 4.39 Å². The van der Waals surface area contributed by atoms with E-state index in [9.17, 15) is 4.39 Å². The zero-order chi connectivity index (χ0) is 14.5. The lowest BCUT2D eigenvalue weighted by atomic mass is 9.99. The van der Waals surface area contributed by atoms with Crippen LogP contribution in [0.5, 0.6) is 0 Å². The number of pyridine rings is 1. The Morgan fingerprint density at radius 2 is 2.15 bits per heavy atom. The monoisotopic (exact) mass is 292 g/mol. The van der Waals surface area contributed by atoms with Gasteiger partial charge in [0.05, 0.1) is 11.7 Å². The molecule has 1 aromatic carbocycles. The first-order chi connectivity index (χ1) is 9.63. The second-order valence-electron chi connectivity index (χ2n) is 4.76. The molecule has 0 aliphatic carbocycles. The van der Waals surface area contributed by atoms with E-state index in [1.54, 1.807) is 12.3 Å². The third kappa shape index (κ3) is 3.35. The molecule has 0 aliphatic rings. The topological polar surface area (TPSA) is 24.9 Å². The molecule has 2 rings (SSSR count). The third-order valence-corrected chi connectivity index (χ3v) is 3.54. The van der Waals surface area contributed by atoms with Crippen LogP contribution in [0.4, 0.5) is 4.39 Å². The molecule has 4 heteroatoms. The Morgan fingerprint density at radius 1 is 1.35 bits per heavy atom. The van der Waals surface area contributed by atoms with Crippen LogP contribution in [0.15, 0.2) is 36.5 Å². The maximum atomic E-state index is 13.5. The number of hydrogen-bond donors (Lipinski definition) is 1. The fourth-order valence-electron chi connectivity index (χ4n) is 2.18. The largest absolute Gasteiger partial charge is 0.305 e. The molecule has 0 saturated heterocycles. The van der Waals surface area contributed by atoms with Crippen LogP contribution in [0.3, 0.4) is 0 Å². The summed E-state index contributed by atoms with van der Waals surface area (Å²) in [6, 6.07) is 8.13. The van der Waals surface area contributed by atoms with E-state index in [-0.39, 0.29) is 11.9 Å². The van der Waals surface area contributed by atoms with Gasteiger partial charge in [0.15, 0.2) is 0 Å². The van der Waals surface area contributed by atoms with Gasteiger partial charge < -0.3 is 5.32 Å². The zero-order valence-electron chi connectivity index (χ0n) is 11.7. The van der Waals surface area contributed by atoms with E-state index >= 15 is 0 Å². The minimum Gasteiger partial charge on any atom is -0.305 e. The second kappa shape index (κ2) is 6.82. The summed E-state index contributed by atoms with van der Waals surface area (Å²) in [6.45, 7) is 4.90. The summed E-state index contributed by atoms with van der Waals surface area (Å²) in [5.41, 5.74) is 2.66. The number of hydrogen-bond acceptors (Lipinski definition) is 2. The molecular formula is C16H18ClFN2. The Morgan fingerprint density at radius 3 is 2.85 bits per heavy atom. The third-order valence-electron chi connectivity index (χ3n) is 3.19. The predicted molar refractivity (Wildman–Crippen MR) is 80.5 cm³/mol. The van der Waals surface area contributed by atoms with Gasteiger partial charge in [-0.3, -0.25) is 4.98 Å². The summed E-state index contributed by atoms with van der Waals surface area (Å²) in [5.74, 6) is -0.290. The van der Waals surface area contributed by atoms with Gasteiger partial charge in [-0.2, -0.15) is 0 Å². The Balaban J connectivity index is 2.47. The Bertz CT molecular complexity index is 586. The van der Waals surface area contributed by atoms with E-state index in [0.717, 1.165) is 29.8 Å². The number of benzene rings is 1. The Hall–Kier alpha value is -1.45. The number of aromatic nitrogens is 1. The normalized spacial score (nSPS) is 12.4. The molecule has 1 atom stereocenters. The summed E-state index contributed by atoms with van der Waals surface area (Å²) in [7, 11) is 0. The Labute approximate surface area is 124 Å². The fraction of sp³-hybridized carbons (Fsp3) is 0.312. The van der Waals surface area contributed by atoms with Crippen molar-refractivity contribution in [2.24, 2.45) is 0 Å². The van der Waals surface area contributed by atoms with E-state index in [1.807, 2.05) is 19.1 Å². The lowest BCUT2D eigenvalue weighted by molar-refractivity contribution is 0.574. The van der Waals surface area contributed by atoms with E-state index in [1.165, 1.54) is 12.1 Å². The molecule has 0 fully saturated rings. The molecule has 106 valence electrons. The van der Waals surface area contributed by atoms with E-state index in [2.05, 4.69) is 17.2 Å². The summed E-state index contributed by atoms with van der Waals surface area (Å²) in [6.07, 6.45) is 2.73. The van der Waals surface area contributed by atoms with E-state index in [0.29, 0.717) is 5.02 Å². The zero-order valence-corrected chi connectivity index (χ0v) is 12.4. The maximum Gasteiger partial charge on any atom is 0.123 e. The van der Waals surface area contributed by atoms with Gasteiger partial charge in [-0.1, -0.05) is 24.6 Å². The van der Waals surface area contributed by atoms with Gasteiger partial charge in [-0.05, 0) is 55.3 Å². The molecule has 0 saturated carbocycles. The summed E-state index contributed by atoms with van der Waals surface area (Å²) >= 11 is 6.24. The molecule has 1 aromatic heterocycles. The van der Waals surface area contributed by atoms with E-state index < -0.39 is 0 Å². The minimum atomic E-state index is -0.290. The molecule has 0 radical (unpaired) electrons. The average Bonchev–Trinajstić information content (AvgIpc) is 2.44. The first kappa shape index (κ1) is 14.9. The van der Waals surface area contributed by atoms with Crippen molar-refractivity contribution in [1.82, 2.24) is 10.3 Å². The number of nitrogens with one attached hydrogen (secondary N) is 1. The molecule has 2 nitrogen and oxygen atoms in total. The molecule has 0 aliphatic heterocycles. The highest BCUT2D eigenvalue weighted by molar-refractivity contribution is 6.31. The van der Waals surface area contributed by atoms with E-state index in [4.69, 9.17) is 11.6 Å². The highest BCUT2D eigenvalue weighted by atomic mass is 35.5. The maximum absolute atomic E-state index is 13.5. The van der Waals surface area contributed by atoms with Crippen molar-refractivity contribution in [3.8, 4) is 0 Å². The molecular weight excluding hydrogens is 275 g/mol. The SMILES string of the molecule is CCCNC(c1cc(F)ccc1Cl)c1ncccc1C. The van der Waals surface area contributed by atoms with Crippen molar-refractivity contribution < 1.29 is 4.39 Å². The van der Waals surface area contributed by atoms with Crippen LogP contribution >= 0.6 is 11.6 Å². The molecule has 1 unspecified atom stereocenters.